The molecule has 0 atom stereocenters. The molecule has 0 aromatic heterocycles. The summed E-state index contributed by atoms with van der Waals surface area (Å²) in [7, 11) is -1.46. The molecule has 0 radical (unpaired) electrons. The van der Waals surface area contributed by atoms with Gasteiger partial charge in [0.1, 0.15) is 0 Å². The molecule has 54 heavy (non-hydrogen) atoms. The molecule has 0 saturated carbocycles. The zero-order chi connectivity index (χ0) is 37.2. The molecular weight excluding hydrogens is 669 g/mol. The third kappa shape index (κ3) is 5.63. The van der Waals surface area contributed by atoms with Crippen LogP contribution in [0.2, 0.25) is 19.6 Å². The Hall–Kier alpha value is -5.90. The summed E-state index contributed by atoms with van der Waals surface area (Å²) in [6, 6.07) is 63.1. The molecule has 0 N–H and O–H groups in total. The van der Waals surface area contributed by atoms with Gasteiger partial charge in [-0.1, -0.05) is 153 Å². The van der Waals surface area contributed by atoms with E-state index in [1.807, 2.05) is 0 Å². The summed E-state index contributed by atoms with van der Waals surface area (Å²) in [5.41, 5.74) is 13.4. The number of fused-ring (bicyclic) bond motifs is 6. The normalized spacial score (nSPS) is 13.1. The molecule has 3 heteroatoms. The first-order valence-corrected chi connectivity index (χ1v) is 22.6. The van der Waals surface area contributed by atoms with Crippen LogP contribution in [0.1, 0.15) is 30.5 Å². The number of benzene rings is 8. The second kappa shape index (κ2) is 12.9. The quantitative estimate of drug-likeness (QED) is 0.152. The minimum Gasteiger partial charge on any atom is -0.310 e. The average molecular weight is 715 g/mol. The lowest BCUT2D eigenvalue weighted by molar-refractivity contribution is 0.661. The van der Waals surface area contributed by atoms with E-state index >= 15 is 0 Å². The van der Waals surface area contributed by atoms with Crippen LogP contribution in [0, 0.1) is 6.92 Å². The van der Waals surface area contributed by atoms with Gasteiger partial charge in [0.2, 0.25) is 0 Å². The highest BCUT2D eigenvalue weighted by Gasteiger charge is 2.38. The zero-order valence-corrected chi connectivity index (χ0v) is 33.1. The third-order valence-corrected chi connectivity index (χ3v) is 13.5. The van der Waals surface area contributed by atoms with Crippen LogP contribution in [-0.4, -0.2) is 8.07 Å². The molecule has 0 amide bonds. The number of nitrogens with zero attached hydrogens (tertiary/aromatic N) is 2. The van der Waals surface area contributed by atoms with Gasteiger partial charge in [0, 0.05) is 38.9 Å². The molecular formula is C51H46N2Si. The Morgan fingerprint density at radius 1 is 0.444 bits per heavy atom. The summed E-state index contributed by atoms with van der Waals surface area (Å²) in [6.45, 7) is 14.2. The van der Waals surface area contributed by atoms with Gasteiger partial charge in [0.05, 0.1) is 19.4 Å². The van der Waals surface area contributed by atoms with Crippen molar-refractivity contribution in [3.8, 4) is 11.1 Å². The van der Waals surface area contributed by atoms with Crippen molar-refractivity contribution < 1.29 is 0 Å². The first kappa shape index (κ1) is 33.9. The third-order valence-electron chi connectivity index (χ3n) is 11.4. The summed E-state index contributed by atoms with van der Waals surface area (Å²) < 4.78 is 0. The topological polar surface area (TPSA) is 6.48 Å². The average Bonchev–Trinajstić information content (AvgIpc) is 3.41. The highest BCUT2D eigenvalue weighted by molar-refractivity contribution is 6.88. The molecule has 0 heterocycles. The van der Waals surface area contributed by atoms with Gasteiger partial charge in [-0.05, 0) is 101 Å². The molecule has 0 saturated heterocycles. The predicted octanol–water partition coefficient (Wildman–Crippen LogP) is 14.1. The molecule has 1 aliphatic carbocycles. The standard InChI is InChI=1S/C51H46N2Si/c1-35-23-25-38(26-24-35)53(48-22-14-16-36-15-10-11-19-42(36)48)40-29-32-45-46(33-40)51(2,3)47-34-49(43-20-12-13-21-44(43)50(45)47)52(37-17-8-7-9-18-37)39-27-30-41(31-28-39)54(4,5)6/h7-34H,1-6H3. The van der Waals surface area contributed by atoms with Crippen LogP contribution in [-0.2, 0) is 5.41 Å². The Morgan fingerprint density at radius 3 is 1.70 bits per heavy atom. The predicted molar refractivity (Wildman–Crippen MR) is 236 cm³/mol. The van der Waals surface area contributed by atoms with E-state index in [0.717, 1.165) is 17.1 Å². The van der Waals surface area contributed by atoms with Crippen molar-refractivity contribution in [2.24, 2.45) is 0 Å². The van der Waals surface area contributed by atoms with E-state index in [-0.39, 0.29) is 5.41 Å². The maximum absolute atomic E-state index is 2.49. The lowest BCUT2D eigenvalue weighted by Gasteiger charge is -2.30. The van der Waals surface area contributed by atoms with Crippen molar-refractivity contribution >= 4 is 68.9 Å². The first-order chi connectivity index (χ1) is 26.1. The van der Waals surface area contributed by atoms with Crippen LogP contribution in [0.25, 0.3) is 32.7 Å². The number of hydrogen-bond acceptors (Lipinski definition) is 2. The number of hydrogen-bond donors (Lipinski definition) is 0. The van der Waals surface area contributed by atoms with Crippen molar-refractivity contribution in [1.29, 1.82) is 0 Å². The van der Waals surface area contributed by atoms with Crippen molar-refractivity contribution in [3.05, 3.63) is 187 Å². The van der Waals surface area contributed by atoms with Gasteiger partial charge in [-0.3, -0.25) is 0 Å². The van der Waals surface area contributed by atoms with E-state index in [2.05, 4.69) is 220 Å². The molecule has 1 aliphatic rings. The summed E-state index contributed by atoms with van der Waals surface area (Å²) in [5, 5.41) is 6.47. The Balaban J connectivity index is 1.25. The fourth-order valence-corrected chi connectivity index (χ4v) is 9.68. The van der Waals surface area contributed by atoms with Crippen molar-refractivity contribution in [2.75, 3.05) is 9.80 Å². The van der Waals surface area contributed by atoms with Gasteiger partial charge < -0.3 is 9.80 Å². The first-order valence-electron chi connectivity index (χ1n) is 19.1. The minimum atomic E-state index is -1.46. The highest BCUT2D eigenvalue weighted by atomic mass is 28.3. The molecule has 264 valence electrons. The van der Waals surface area contributed by atoms with Crippen molar-refractivity contribution in [1.82, 2.24) is 0 Å². The summed E-state index contributed by atoms with van der Waals surface area (Å²) in [4.78, 5) is 4.90. The lowest BCUT2D eigenvalue weighted by atomic mass is 9.81. The molecule has 9 rings (SSSR count). The Kier molecular flexibility index (Phi) is 8.10. The van der Waals surface area contributed by atoms with Crippen LogP contribution in [0.15, 0.2) is 170 Å². The second-order valence-corrected chi connectivity index (χ2v) is 21.4. The molecule has 8 aromatic carbocycles. The van der Waals surface area contributed by atoms with Crippen LogP contribution < -0.4 is 15.0 Å². The molecule has 2 nitrogen and oxygen atoms in total. The van der Waals surface area contributed by atoms with E-state index in [0.29, 0.717) is 0 Å². The van der Waals surface area contributed by atoms with Gasteiger partial charge in [-0.25, -0.2) is 0 Å². The zero-order valence-electron chi connectivity index (χ0n) is 32.1. The number of aryl methyl sites for hydroxylation is 1. The lowest BCUT2D eigenvalue weighted by Crippen LogP contribution is -2.37. The fourth-order valence-electron chi connectivity index (χ4n) is 8.51. The van der Waals surface area contributed by atoms with Gasteiger partial charge in [-0.15, -0.1) is 0 Å². The molecule has 0 fully saturated rings. The van der Waals surface area contributed by atoms with E-state index in [1.165, 1.54) is 71.6 Å². The molecule has 0 unspecified atom stereocenters. The summed E-state index contributed by atoms with van der Waals surface area (Å²) in [6.07, 6.45) is 0. The van der Waals surface area contributed by atoms with Crippen molar-refractivity contribution in [3.63, 3.8) is 0 Å². The number of rotatable bonds is 7. The monoisotopic (exact) mass is 714 g/mol. The van der Waals surface area contributed by atoms with Crippen LogP contribution in [0.3, 0.4) is 0 Å². The van der Waals surface area contributed by atoms with Crippen LogP contribution >= 0.6 is 0 Å². The molecule has 0 aliphatic heterocycles. The SMILES string of the molecule is Cc1ccc(N(c2ccc3c(c2)C(C)(C)c2cc(N(c4ccccc4)c4ccc([Si](C)(C)C)cc4)c4ccccc4c2-3)c2cccc3ccccc23)cc1. The maximum Gasteiger partial charge on any atom is 0.0775 e. The van der Waals surface area contributed by atoms with Gasteiger partial charge in [0.15, 0.2) is 0 Å². The number of anilines is 6. The number of para-hydroxylation sites is 1. The van der Waals surface area contributed by atoms with E-state index in [9.17, 15) is 0 Å². The molecule has 0 bridgehead atoms. The maximum atomic E-state index is 2.49. The van der Waals surface area contributed by atoms with Gasteiger partial charge in [0.25, 0.3) is 0 Å². The minimum absolute atomic E-state index is 0.249. The fraction of sp³-hybridized carbons (Fsp3) is 0.137. The van der Waals surface area contributed by atoms with E-state index in [4.69, 9.17) is 0 Å². The summed E-state index contributed by atoms with van der Waals surface area (Å²) >= 11 is 0. The van der Waals surface area contributed by atoms with Crippen LogP contribution in [0.4, 0.5) is 34.1 Å². The summed E-state index contributed by atoms with van der Waals surface area (Å²) in [5.74, 6) is 0. The van der Waals surface area contributed by atoms with E-state index in [1.54, 1.807) is 0 Å². The Morgan fingerprint density at radius 2 is 1.00 bits per heavy atom. The van der Waals surface area contributed by atoms with Gasteiger partial charge in [-0.2, -0.15) is 0 Å². The smallest absolute Gasteiger partial charge is 0.0775 e. The second-order valence-electron chi connectivity index (χ2n) is 16.4. The molecule has 0 spiro atoms. The Labute approximate surface area is 321 Å². The van der Waals surface area contributed by atoms with Crippen LogP contribution in [0.5, 0.6) is 0 Å². The van der Waals surface area contributed by atoms with Gasteiger partial charge >= 0.3 is 0 Å². The van der Waals surface area contributed by atoms with Crippen molar-refractivity contribution in [2.45, 2.75) is 45.8 Å². The Bertz CT molecular complexity index is 2660. The largest absolute Gasteiger partial charge is 0.310 e. The van der Waals surface area contributed by atoms with E-state index < -0.39 is 8.07 Å². The highest BCUT2D eigenvalue weighted by Crippen LogP contribution is 2.56. The molecule has 8 aromatic rings.